The number of hydrogen-bond acceptors (Lipinski definition) is 6. The summed E-state index contributed by atoms with van der Waals surface area (Å²) < 4.78 is 10.7. The maximum atomic E-state index is 13.1. The third-order valence-electron chi connectivity index (χ3n) is 5.94. The summed E-state index contributed by atoms with van der Waals surface area (Å²) in [5, 5.41) is 0. The molecule has 0 spiro atoms. The van der Waals surface area contributed by atoms with Crippen molar-refractivity contribution in [1.29, 1.82) is 0 Å². The molecule has 0 saturated carbocycles. The predicted octanol–water partition coefficient (Wildman–Crippen LogP) is 3.18. The van der Waals surface area contributed by atoms with Crippen molar-refractivity contribution in [3.63, 3.8) is 0 Å². The molecule has 2 aliphatic rings. The van der Waals surface area contributed by atoms with E-state index < -0.39 is 0 Å². The molecule has 30 heavy (non-hydrogen) atoms. The lowest BCUT2D eigenvalue weighted by Crippen LogP contribution is -2.45. The number of piperidine rings is 1. The van der Waals surface area contributed by atoms with Gasteiger partial charge in [0, 0.05) is 25.7 Å². The van der Waals surface area contributed by atoms with Gasteiger partial charge in [0.05, 0.1) is 19.6 Å². The van der Waals surface area contributed by atoms with Gasteiger partial charge in [0.2, 0.25) is 5.89 Å². The van der Waals surface area contributed by atoms with E-state index in [9.17, 15) is 9.59 Å². The van der Waals surface area contributed by atoms with Gasteiger partial charge in [-0.15, -0.1) is 0 Å². The molecule has 7 nitrogen and oxygen atoms in total. The van der Waals surface area contributed by atoms with E-state index >= 15 is 0 Å². The van der Waals surface area contributed by atoms with Crippen LogP contribution in [0.4, 0.5) is 0 Å². The summed E-state index contributed by atoms with van der Waals surface area (Å²) in [6.07, 6.45) is 5.44. The predicted molar refractivity (Wildman–Crippen MR) is 111 cm³/mol. The van der Waals surface area contributed by atoms with Crippen LogP contribution in [0, 0.1) is 0 Å². The highest BCUT2D eigenvalue weighted by molar-refractivity contribution is 5.92. The molecule has 1 saturated heterocycles. The molecule has 160 valence electrons. The Morgan fingerprint density at radius 3 is 2.87 bits per heavy atom. The maximum Gasteiger partial charge on any atom is 0.307 e. The number of aromatic nitrogens is 1. The van der Waals surface area contributed by atoms with Gasteiger partial charge in [0.25, 0.3) is 5.91 Å². The first-order valence-corrected chi connectivity index (χ1v) is 10.8. The van der Waals surface area contributed by atoms with Crippen LogP contribution < -0.4 is 0 Å². The molecule has 1 atom stereocenters. The van der Waals surface area contributed by atoms with E-state index in [0.717, 1.165) is 38.8 Å². The van der Waals surface area contributed by atoms with Gasteiger partial charge in [-0.3, -0.25) is 14.5 Å². The van der Waals surface area contributed by atoms with Gasteiger partial charge < -0.3 is 14.1 Å². The third-order valence-corrected chi connectivity index (χ3v) is 5.94. The number of ether oxygens (including phenoxy) is 1. The number of benzene rings is 1. The monoisotopic (exact) mass is 411 g/mol. The molecule has 0 aliphatic carbocycles. The molecule has 2 aliphatic heterocycles. The van der Waals surface area contributed by atoms with Gasteiger partial charge in [0.1, 0.15) is 6.26 Å². The molecular formula is C23H29N3O4. The van der Waals surface area contributed by atoms with E-state index in [2.05, 4.69) is 34.1 Å². The van der Waals surface area contributed by atoms with Crippen molar-refractivity contribution in [2.24, 2.45) is 0 Å². The zero-order chi connectivity index (χ0) is 20.9. The van der Waals surface area contributed by atoms with Gasteiger partial charge >= 0.3 is 5.97 Å². The summed E-state index contributed by atoms with van der Waals surface area (Å²) in [6, 6.07) is 8.35. The van der Waals surface area contributed by atoms with Crippen LogP contribution in [0.15, 0.2) is 34.9 Å². The minimum Gasteiger partial charge on any atom is -0.466 e. The van der Waals surface area contributed by atoms with Crippen LogP contribution in [0.3, 0.4) is 0 Å². The van der Waals surface area contributed by atoms with Gasteiger partial charge in [-0.25, -0.2) is 4.98 Å². The van der Waals surface area contributed by atoms with Crippen molar-refractivity contribution in [2.75, 3.05) is 19.7 Å². The van der Waals surface area contributed by atoms with E-state index in [1.165, 1.54) is 17.4 Å². The summed E-state index contributed by atoms with van der Waals surface area (Å²) in [4.78, 5) is 33.5. The molecule has 2 aromatic rings. The number of carbonyl (C=O) groups excluding carboxylic acids is 2. The largest absolute Gasteiger partial charge is 0.466 e. The topological polar surface area (TPSA) is 75.9 Å². The summed E-state index contributed by atoms with van der Waals surface area (Å²) >= 11 is 0. The summed E-state index contributed by atoms with van der Waals surface area (Å²) in [6.45, 7) is 5.15. The molecule has 0 N–H and O–H groups in total. The number of amides is 1. The first-order valence-electron chi connectivity index (χ1n) is 10.8. The molecule has 1 fully saturated rings. The second-order valence-electron chi connectivity index (χ2n) is 8.01. The van der Waals surface area contributed by atoms with Crippen molar-refractivity contribution in [2.45, 2.75) is 58.2 Å². The van der Waals surface area contributed by atoms with E-state index in [1.807, 2.05) is 0 Å². The Bertz CT molecular complexity index is 894. The quantitative estimate of drug-likeness (QED) is 0.680. The number of carbonyl (C=O) groups is 2. The van der Waals surface area contributed by atoms with Crippen molar-refractivity contribution in [1.82, 2.24) is 14.8 Å². The highest BCUT2D eigenvalue weighted by Crippen LogP contribution is 2.23. The van der Waals surface area contributed by atoms with E-state index in [1.54, 1.807) is 11.8 Å². The first kappa shape index (κ1) is 20.6. The first-order chi connectivity index (χ1) is 14.6. The smallest absolute Gasteiger partial charge is 0.307 e. The van der Waals surface area contributed by atoms with E-state index in [0.29, 0.717) is 31.3 Å². The second kappa shape index (κ2) is 9.43. The van der Waals surface area contributed by atoms with Crippen molar-refractivity contribution < 1.29 is 18.7 Å². The standard InChI is InChI=1S/C23H29N3O4/c1-2-29-22(27)13-19-9-5-6-11-26(19)23(28)20-16-30-21(24-20)15-25-12-10-17-7-3-4-8-18(17)14-25/h3-4,7-8,16,19H,2,5-6,9-15H2,1H3. The average Bonchev–Trinajstić information content (AvgIpc) is 3.22. The Labute approximate surface area is 177 Å². The van der Waals surface area contributed by atoms with Crippen LogP contribution in [0.1, 0.15) is 60.1 Å². The Balaban J connectivity index is 1.39. The minimum absolute atomic E-state index is 0.135. The van der Waals surface area contributed by atoms with E-state index in [-0.39, 0.29) is 24.3 Å². The fraction of sp³-hybridized carbons (Fsp3) is 0.522. The van der Waals surface area contributed by atoms with Gasteiger partial charge in [0.15, 0.2) is 5.69 Å². The number of nitrogens with zero attached hydrogens (tertiary/aromatic N) is 3. The Morgan fingerprint density at radius 1 is 1.20 bits per heavy atom. The number of esters is 1. The van der Waals surface area contributed by atoms with Crippen molar-refractivity contribution in [3.8, 4) is 0 Å². The summed E-state index contributed by atoms with van der Waals surface area (Å²) in [5.41, 5.74) is 3.05. The maximum absolute atomic E-state index is 13.1. The van der Waals surface area contributed by atoms with Crippen molar-refractivity contribution in [3.05, 3.63) is 53.2 Å². The fourth-order valence-electron chi connectivity index (χ4n) is 4.40. The molecule has 4 rings (SSSR count). The molecule has 1 aromatic carbocycles. The minimum atomic E-state index is -0.256. The molecule has 0 bridgehead atoms. The van der Waals surface area contributed by atoms with Crippen molar-refractivity contribution >= 4 is 11.9 Å². The summed E-state index contributed by atoms with van der Waals surface area (Å²) in [5.74, 6) is 0.132. The number of oxazole rings is 1. The molecule has 0 radical (unpaired) electrons. The lowest BCUT2D eigenvalue weighted by molar-refractivity contribution is -0.144. The SMILES string of the molecule is CCOC(=O)CC1CCCCN1C(=O)c1coc(CN2CCc3ccccc3C2)n1. The van der Waals surface area contributed by atoms with Crippen LogP contribution >= 0.6 is 0 Å². The van der Waals surface area contributed by atoms with Gasteiger partial charge in [-0.05, 0) is 43.7 Å². The molecule has 1 aromatic heterocycles. The highest BCUT2D eigenvalue weighted by Gasteiger charge is 2.31. The van der Waals surface area contributed by atoms with E-state index in [4.69, 9.17) is 9.15 Å². The number of hydrogen-bond donors (Lipinski definition) is 0. The van der Waals surface area contributed by atoms with Gasteiger partial charge in [-0.2, -0.15) is 0 Å². The van der Waals surface area contributed by atoms with Crippen LogP contribution in [-0.4, -0.2) is 52.4 Å². The molecule has 3 heterocycles. The van der Waals surface area contributed by atoms with Crippen LogP contribution in [0.2, 0.25) is 0 Å². The van der Waals surface area contributed by atoms with Crippen LogP contribution in [-0.2, 0) is 29.0 Å². The Morgan fingerprint density at radius 2 is 2.03 bits per heavy atom. The Kier molecular flexibility index (Phi) is 6.47. The number of likely N-dealkylation sites (tertiary alicyclic amines) is 1. The molecule has 1 amide bonds. The zero-order valence-corrected chi connectivity index (χ0v) is 17.5. The van der Waals surface area contributed by atoms with Crippen LogP contribution in [0.5, 0.6) is 0 Å². The van der Waals surface area contributed by atoms with Crippen LogP contribution in [0.25, 0.3) is 0 Å². The lowest BCUT2D eigenvalue weighted by Gasteiger charge is -2.34. The molecule has 7 heteroatoms. The number of fused-ring (bicyclic) bond motifs is 1. The lowest BCUT2D eigenvalue weighted by atomic mass is 9.99. The highest BCUT2D eigenvalue weighted by atomic mass is 16.5. The molecular weight excluding hydrogens is 382 g/mol. The average molecular weight is 412 g/mol. The van der Waals surface area contributed by atoms with Gasteiger partial charge in [-0.1, -0.05) is 24.3 Å². The molecule has 1 unspecified atom stereocenters. The normalized spacial score (nSPS) is 19.4. The second-order valence-corrected chi connectivity index (χ2v) is 8.01. The third kappa shape index (κ3) is 4.73. The zero-order valence-electron chi connectivity index (χ0n) is 17.5. The fourth-order valence-corrected chi connectivity index (χ4v) is 4.40. The Hall–Kier alpha value is -2.67. The number of rotatable bonds is 6. The summed E-state index contributed by atoms with van der Waals surface area (Å²) in [7, 11) is 0.